The Balaban J connectivity index is 1.83. The highest BCUT2D eigenvalue weighted by Crippen LogP contribution is 2.53. The van der Waals surface area contributed by atoms with E-state index in [1.54, 1.807) is 0 Å². The number of aromatic nitrogens is 1. The van der Waals surface area contributed by atoms with Gasteiger partial charge in [-0.2, -0.15) is 0 Å². The molecule has 4 unspecified atom stereocenters. The van der Waals surface area contributed by atoms with Crippen molar-refractivity contribution < 1.29 is 9.53 Å². The van der Waals surface area contributed by atoms with Crippen LogP contribution in [0, 0.1) is 5.92 Å². The van der Waals surface area contributed by atoms with Crippen LogP contribution in [-0.4, -0.2) is 42.1 Å². The number of halogens is 1. The van der Waals surface area contributed by atoms with Crippen LogP contribution in [0.3, 0.4) is 0 Å². The highest BCUT2D eigenvalue weighted by atomic mass is 79.9. The number of piperidine rings is 1. The van der Waals surface area contributed by atoms with Crippen LogP contribution in [0.4, 0.5) is 0 Å². The van der Waals surface area contributed by atoms with Crippen molar-refractivity contribution in [2.75, 3.05) is 20.2 Å². The molecule has 3 aliphatic heterocycles. The van der Waals surface area contributed by atoms with Crippen molar-refractivity contribution in [3.63, 3.8) is 0 Å². The summed E-state index contributed by atoms with van der Waals surface area (Å²) in [7, 11) is 1.53. The molecule has 136 valence electrons. The molecule has 1 N–H and O–H groups in total. The fourth-order valence-electron chi connectivity index (χ4n) is 5.73. The number of esters is 1. The van der Waals surface area contributed by atoms with Gasteiger partial charge in [0.05, 0.1) is 13.2 Å². The van der Waals surface area contributed by atoms with Gasteiger partial charge < -0.3 is 9.72 Å². The molecule has 4 atom stereocenters. The second-order valence-corrected chi connectivity index (χ2v) is 8.75. The van der Waals surface area contributed by atoms with Crippen LogP contribution in [0.5, 0.6) is 0 Å². The molecule has 4 aliphatic rings. The van der Waals surface area contributed by atoms with Gasteiger partial charge >= 0.3 is 5.97 Å². The first-order valence-electron chi connectivity index (χ1n) is 9.42. The minimum absolute atomic E-state index is 0.0926. The molecule has 4 bridgehead atoms. The zero-order valence-corrected chi connectivity index (χ0v) is 16.7. The summed E-state index contributed by atoms with van der Waals surface area (Å²) in [5.74, 6) is 0.322. The van der Waals surface area contributed by atoms with Crippen molar-refractivity contribution in [3.8, 4) is 0 Å². The molecule has 1 aromatic heterocycles. The number of benzene rings is 1. The Morgan fingerprint density at radius 2 is 2.31 bits per heavy atom. The number of rotatable bonds is 2. The van der Waals surface area contributed by atoms with Crippen LogP contribution in [0.15, 0.2) is 34.3 Å². The van der Waals surface area contributed by atoms with Gasteiger partial charge in [-0.3, -0.25) is 9.69 Å². The SMILES string of the molecule is CCC1=CC2CN3CCc4c([nH]c5ccc(Br)cc45)C(C(=O)OC)(C2)C13. The fraction of sp³-hybridized carbons (Fsp3) is 0.476. The number of methoxy groups -OCH3 is 1. The largest absolute Gasteiger partial charge is 0.468 e. The van der Waals surface area contributed by atoms with Crippen molar-refractivity contribution in [1.82, 2.24) is 9.88 Å². The van der Waals surface area contributed by atoms with Crippen LogP contribution in [-0.2, 0) is 21.4 Å². The van der Waals surface area contributed by atoms with E-state index in [1.807, 2.05) is 0 Å². The van der Waals surface area contributed by atoms with Gasteiger partial charge in [-0.25, -0.2) is 0 Å². The summed E-state index contributed by atoms with van der Waals surface area (Å²) in [6.45, 7) is 4.25. The normalized spacial score (nSPS) is 32.1. The summed E-state index contributed by atoms with van der Waals surface area (Å²) in [5.41, 5.74) is 4.27. The minimum atomic E-state index is -0.616. The molecule has 1 aliphatic carbocycles. The van der Waals surface area contributed by atoms with Crippen LogP contribution in [0.1, 0.15) is 31.0 Å². The molecule has 4 nitrogen and oxygen atoms in total. The third kappa shape index (κ3) is 2.01. The van der Waals surface area contributed by atoms with Crippen LogP contribution in [0.25, 0.3) is 10.9 Å². The summed E-state index contributed by atoms with van der Waals surface area (Å²) in [6.07, 6.45) is 5.21. The third-order valence-electron chi connectivity index (χ3n) is 6.61. The monoisotopic (exact) mass is 414 g/mol. The first-order chi connectivity index (χ1) is 12.6. The van der Waals surface area contributed by atoms with Crippen molar-refractivity contribution >= 4 is 32.8 Å². The van der Waals surface area contributed by atoms with Gasteiger partial charge in [0.1, 0.15) is 5.41 Å². The first kappa shape index (κ1) is 16.6. The number of ether oxygens (including phenoxy) is 1. The summed E-state index contributed by atoms with van der Waals surface area (Å²) in [4.78, 5) is 19.5. The average Bonchev–Trinajstić information content (AvgIpc) is 2.98. The molecular formula is C21H23BrN2O2. The zero-order chi connectivity index (χ0) is 18.1. The predicted octanol–water partition coefficient (Wildman–Crippen LogP) is 3.94. The van der Waals surface area contributed by atoms with Gasteiger partial charge in [-0.15, -0.1) is 0 Å². The lowest BCUT2D eigenvalue weighted by atomic mass is 9.60. The molecule has 0 radical (unpaired) electrons. The first-order valence-corrected chi connectivity index (χ1v) is 10.2. The van der Waals surface area contributed by atoms with Gasteiger partial charge in [-0.05, 0) is 48.9 Å². The zero-order valence-electron chi connectivity index (χ0n) is 15.1. The third-order valence-corrected chi connectivity index (χ3v) is 7.10. The Labute approximate surface area is 161 Å². The van der Waals surface area contributed by atoms with Gasteiger partial charge in [0.25, 0.3) is 0 Å². The number of aromatic amines is 1. The number of nitrogens with one attached hydrogen (secondary N) is 1. The standard InChI is InChI=1S/C21H23BrN2O2/c1-3-13-8-12-10-21(20(25)26-2)18-15(6-7-24(11-12)19(13)21)16-9-14(22)4-5-17(16)23-18/h4-5,8-9,12,19,23H,3,6-7,10-11H2,1-2H3. The van der Waals surface area contributed by atoms with Crippen molar-refractivity contribution in [2.24, 2.45) is 5.92 Å². The van der Waals surface area contributed by atoms with E-state index in [9.17, 15) is 4.79 Å². The average molecular weight is 415 g/mol. The summed E-state index contributed by atoms with van der Waals surface area (Å²) < 4.78 is 6.49. The van der Waals surface area contributed by atoms with Crippen molar-refractivity contribution in [3.05, 3.63) is 45.6 Å². The number of H-pyrrole nitrogens is 1. The number of hydrogen-bond acceptors (Lipinski definition) is 3. The molecule has 2 aromatic rings. The van der Waals surface area contributed by atoms with Gasteiger partial charge in [0, 0.05) is 34.2 Å². The maximum Gasteiger partial charge on any atom is 0.319 e. The molecule has 1 saturated heterocycles. The second-order valence-electron chi connectivity index (χ2n) is 7.84. The highest BCUT2D eigenvalue weighted by Gasteiger charge is 2.60. The second kappa shape index (κ2) is 5.70. The molecule has 6 rings (SSSR count). The number of carbonyl (C=O) groups is 1. The summed E-state index contributed by atoms with van der Waals surface area (Å²) >= 11 is 3.61. The van der Waals surface area contributed by atoms with Crippen LogP contribution < -0.4 is 0 Å². The Morgan fingerprint density at radius 3 is 3.08 bits per heavy atom. The fourth-order valence-corrected chi connectivity index (χ4v) is 6.09. The van der Waals surface area contributed by atoms with Crippen LogP contribution >= 0.6 is 15.9 Å². The molecule has 5 heteroatoms. The maximum atomic E-state index is 13.3. The Hall–Kier alpha value is -1.59. The Kier molecular flexibility index (Phi) is 3.63. The molecule has 4 heterocycles. The van der Waals surface area contributed by atoms with E-state index in [4.69, 9.17) is 4.74 Å². The van der Waals surface area contributed by atoms with Crippen LogP contribution in [0.2, 0.25) is 0 Å². The number of carbonyl (C=O) groups excluding carboxylic acids is 1. The van der Waals surface area contributed by atoms with E-state index < -0.39 is 5.41 Å². The molecule has 26 heavy (non-hydrogen) atoms. The highest BCUT2D eigenvalue weighted by molar-refractivity contribution is 9.10. The Morgan fingerprint density at radius 1 is 1.46 bits per heavy atom. The molecule has 1 aromatic carbocycles. The van der Waals surface area contributed by atoms with Crippen molar-refractivity contribution in [1.29, 1.82) is 0 Å². The van der Waals surface area contributed by atoms with Crippen molar-refractivity contribution in [2.45, 2.75) is 37.6 Å². The summed E-state index contributed by atoms with van der Waals surface area (Å²) in [5, 5.41) is 1.23. The van der Waals surface area contributed by atoms with E-state index >= 15 is 0 Å². The van der Waals surface area contributed by atoms with E-state index in [0.717, 1.165) is 48.0 Å². The molecule has 0 saturated carbocycles. The Bertz CT molecular complexity index is 947. The van der Waals surface area contributed by atoms with E-state index in [1.165, 1.54) is 23.6 Å². The lowest BCUT2D eigenvalue weighted by molar-refractivity contribution is -0.153. The lowest BCUT2D eigenvalue weighted by Crippen LogP contribution is -2.63. The topological polar surface area (TPSA) is 45.3 Å². The van der Waals surface area contributed by atoms with Gasteiger partial charge in [0.15, 0.2) is 0 Å². The smallest absolute Gasteiger partial charge is 0.319 e. The molecule has 0 amide bonds. The predicted molar refractivity (Wildman–Crippen MR) is 105 cm³/mol. The van der Waals surface area contributed by atoms with Gasteiger partial charge in [0.2, 0.25) is 0 Å². The van der Waals surface area contributed by atoms with E-state index in [-0.39, 0.29) is 12.0 Å². The number of nitrogens with zero attached hydrogens (tertiary/aromatic N) is 1. The molecule has 0 spiro atoms. The number of fused-ring (bicyclic) bond motifs is 3. The molecular weight excluding hydrogens is 392 g/mol. The lowest BCUT2D eigenvalue weighted by Gasteiger charge is -2.53. The minimum Gasteiger partial charge on any atom is -0.468 e. The number of hydrogen-bond donors (Lipinski definition) is 1. The maximum absolute atomic E-state index is 13.3. The van der Waals surface area contributed by atoms with E-state index in [0.29, 0.717) is 5.92 Å². The van der Waals surface area contributed by atoms with Gasteiger partial charge in [-0.1, -0.05) is 34.5 Å². The van der Waals surface area contributed by atoms with E-state index in [2.05, 4.69) is 57.0 Å². The summed E-state index contributed by atoms with van der Waals surface area (Å²) in [6, 6.07) is 6.45. The molecule has 1 fully saturated rings. The quantitative estimate of drug-likeness (QED) is 0.597.